The van der Waals surface area contributed by atoms with Gasteiger partial charge in [0.05, 0.1) is 28.8 Å². The van der Waals surface area contributed by atoms with Crippen LogP contribution in [0.5, 0.6) is 0 Å². The first kappa shape index (κ1) is 11.3. The number of ether oxygens (including phenoxy) is 1. The molecule has 0 spiro atoms. The molecule has 0 aliphatic carbocycles. The number of nitrogens with zero attached hydrogens (tertiary/aromatic N) is 1. The summed E-state index contributed by atoms with van der Waals surface area (Å²) in [6.45, 7) is 2.10. The van der Waals surface area contributed by atoms with Gasteiger partial charge in [-0.2, -0.15) is 0 Å². The van der Waals surface area contributed by atoms with Crippen molar-refractivity contribution in [1.82, 2.24) is 4.98 Å². The topological polar surface area (TPSA) is 39.2 Å². The van der Waals surface area contributed by atoms with Gasteiger partial charge in [0.25, 0.3) is 0 Å². The molecule has 0 N–H and O–H groups in total. The number of esters is 1. The Bertz CT molecular complexity index is 342. The maximum absolute atomic E-state index is 11.1. The minimum atomic E-state index is -0.343. The second kappa shape index (κ2) is 5.17. The average molecular weight is 234 g/mol. The van der Waals surface area contributed by atoms with Crippen molar-refractivity contribution in [1.29, 1.82) is 0 Å². The van der Waals surface area contributed by atoms with Crippen molar-refractivity contribution in [3.63, 3.8) is 0 Å². The zero-order chi connectivity index (χ0) is 10.6. The van der Waals surface area contributed by atoms with Gasteiger partial charge in [-0.1, -0.05) is 23.2 Å². The fourth-order valence-corrected chi connectivity index (χ4v) is 1.37. The molecule has 3 nitrogen and oxygen atoms in total. The predicted molar refractivity (Wildman–Crippen MR) is 54.6 cm³/mol. The van der Waals surface area contributed by atoms with Crippen LogP contribution < -0.4 is 0 Å². The van der Waals surface area contributed by atoms with Gasteiger partial charge in [0.1, 0.15) is 0 Å². The molecule has 14 heavy (non-hydrogen) atoms. The minimum absolute atomic E-state index is 0.0733. The van der Waals surface area contributed by atoms with Crippen LogP contribution in [0.2, 0.25) is 10.0 Å². The molecule has 0 amide bonds. The van der Waals surface area contributed by atoms with Gasteiger partial charge in [-0.05, 0) is 13.0 Å². The standard InChI is InChI=1S/C9H9Cl2NO2/c1-2-14-9(13)4-8-7(11)3-6(10)5-12-8/h3,5H,2,4H2,1H3. The van der Waals surface area contributed by atoms with Crippen molar-refractivity contribution in [3.05, 3.63) is 28.0 Å². The van der Waals surface area contributed by atoms with Crippen molar-refractivity contribution in [3.8, 4) is 0 Å². The van der Waals surface area contributed by atoms with E-state index in [9.17, 15) is 4.79 Å². The molecule has 5 heteroatoms. The Balaban J connectivity index is 2.72. The molecule has 0 saturated carbocycles. The van der Waals surface area contributed by atoms with Crippen LogP contribution >= 0.6 is 23.2 Å². The van der Waals surface area contributed by atoms with Crippen molar-refractivity contribution in [2.75, 3.05) is 6.61 Å². The SMILES string of the molecule is CCOC(=O)Cc1ncc(Cl)cc1Cl. The summed E-state index contributed by atoms with van der Waals surface area (Å²) in [7, 11) is 0. The molecule has 76 valence electrons. The summed E-state index contributed by atoms with van der Waals surface area (Å²) in [6.07, 6.45) is 1.52. The van der Waals surface area contributed by atoms with Crippen molar-refractivity contribution >= 4 is 29.2 Å². The van der Waals surface area contributed by atoms with Gasteiger partial charge in [-0.3, -0.25) is 9.78 Å². The van der Waals surface area contributed by atoms with Crippen LogP contribution in [0.3, 0.4) is 0 Å². The molecule has 0 aliphatic rings. The largest absolute Gasteiger partial charge is 0.466 e. The average Bonchev–Trinajstić information content (AvgIpc) is 2.10. The fraction of sp³-hybridized carbons (Fsp3) is 0.333. The third-order valence-corrected chi connectivity index (χ3v) is 2.04. The highest BCUT2D eigenvalue weighted by Gasteiger charge is 2.09. The van der Waals surface area contributed by atoms with Gasteiger partial charge in [0.2, 0.25) is 0 Å². The smallest absolute Gasteiger partial charge is 0.311 e. The summed E-state index contributed by atoms with van der Waals surface area (Å²) < 4.78 is 4.76. The maximum atomic E-state index is 11.1. The van der Waals surface area contributed by atoms with E-state index in [1.54, 1.807) is 13.0 Å². The zero-order valence-corrected chi connectivity index (χ0v) is 9.10. The molecule has 0 saturated heterocycles. The van der Waals surface area contributed by atoms with Gasteiger partial charge in [0.15, 0.2) is 0 Å². The molecule has 1 heterocycles. The number of hydrogen-bond donors (Lipinski definition) is 0. The fourth-order valence-electron chi connectivity index (χ4n) is 0.922. The second-order valence-corrected chi connectivity index (χ2v) is 3.41. The van der Waals surface area contributed by atoms with Crippen LogP contribution in [0.15, 0.2) is 12.3 Å². The number of pyridine rings is 1. The molecule has 0 unspecified atom stereocenters. The Morgan fingerprint density at radius 3 is 2.86 bits per heavy atom. The van der Waals surface area contributed by atoms with Gasteiger partial charge >= 0.3 is 5.97 Å². The van der Waals surface area contributed by atoms with E-state index in [4.69, 9.17) is 27.9 Å². The quantitative estimate of drug-likeness (QED) is 0.754. The lowest BCUT2D eigenvalue weighted by atomic mass is 10.3. The van der Waals surface area contributed by atoms with Gasteiger partial charge in [0, 0.05) is 6.20 Å². The Kier molecular flexibility index (Phi) is 4.17. The third-order valence-electron chi connectivity index (χ3n) is 1.50. The summed E-state index contributed by atoms with van der Waals surface area (Å²) in [5.74, 6) is -0.343. The predicted octanol–water partition coefficient (Wildman–Crippen LogP) is 2.49. The maximum Gasteiger partial charge on any atom is 0.311 e. The first-order valence-electron chi connectivity index (χ1n) is 4.09. The monoisotopic (exact) mass is 233 g/mol. The molecule has 0 atom stereocenters. The van der Waals surface area contributed by atoms with Crippen molar-refractivity contribution in [2.24, 2.45) is 0 Å². The molecule has 0 fully saturated rings. The van der Waals surface area contributed by atoms with Crippen LogP contribution in [-0.2, 0) is 16.0 Å². The second-order valence-electron chi connectivity index (χ2n) is 2.56. The van der Waals surface area contributed by atoms with Crippen molar-refractivity contribution in [2.45, 2.75) is 13.3 Å². The van der Waals surface area contributed by atoms with E-state index in [1.807, 2.05) is 0 Å². The van der Waals surface area contributed by atoms with Gasteiger partial charge in [-0.15, -0.1) is 0 Å². The van der Waals surface area contributed by atoms with Crippen LogP contribution in [0.1, 0.15) is 12.6 Å². The summed E-state index contributed by atoms with van der Waals surface area (Å²) >= 11 is 11.5. The van der Waals surface area contributed by atoms with E-state index in [1.165, 1.54) is 6.20 Å². The molecule has 1 rings (SSSR count). The minimum Gasteiger partial charge on any atom is -0.466 e. The van der Waals surface area contributed by atoms with Crippen LogP contribution in [0.25, 0.3) is 0 Å². The van der Waals surface area contributed by atoms with Crippen LogP contribution in [0, 0.1) is 0 Å². The van der Waals surface area contributed by atoms with E-state index in [-0.39, 0.29) is 12.4 Å². The Morgan fingerprint density at radius 2 is 2.29 bits per heavy atom. The Hall–Kier alpha value is -0.800. The van der Waals surface area contributed by atoms with Crippen molar-refractivity contribution < 1.29 is 9.53 Å². The first-order chi connectivity index (χ1) is 6.63. The molecular weight excluding hydrogens is 225 g/mol. The summed E-state index contributed by atoms with van der Waals surface area (Å²) in [5, 5.41) is 0.827. The molecular formula is C9H9Cl2NO2. The molecule has 1 aromatic rings. The number of aromatic nitrogens is 1. The normalized spacial score (nSPS) is 9.93. The van der Waals surface area contributed by atoms with E-state index < -0.39 is 0 Å². The highest BCUT2D eigenvalue weighted by atomic mass is 35.5. The van der Waals surface area contributed by atoms with Gasteiger partial charge in [-0.25, -0.2) is 0 Å². The zero-order valence-electron chi connectivity index (χ0n) is 7.59. The molecule has 0 bridgehead atoms. The Labute approximate surface area is 92.0 Å². The summed E-state index contributed by atoms with van der Waals surface area (Å²) in [4.78, 5) is 15.0. The van der Waals surface area contributed by atoms with E-state index in [0.29, 0.717) is 22.3 Å². The number of carbonyl (C=O) groups is 1. The van der Waals surface area contributed by atoms with Gasteiger partial charge < -0.3 is 4.74 Å². The van der Waals surface area contributed by atoms with E-state index >= 15 is 0 Å². The third kappa shape index (κ3) is 3.16. The number of halogens is 2. The lowest BCUT2D eigenvalue weighted by Crippen LogP contribution is -2.09. The Morgan fingerprint density at radius 1 is 1.57 bits per heavy atom. The number of rotatable bonds is 3. The highest BCUT2D eigenvalue weighted by Crippen LogP contribution is 2.18. The lowest BCUT2D eigenvalue weighted by molar-refractivity contribution is -0.142. The first-order valence-corrected chi connectivity index (χ1v) is 4.84. The molecule has 0 aromatic carbocycles. The number of hydrogen-bond acceptors (Lipinski definition) is 3. The summed E-state index contributed by atoms with van der Waals surface area (Å²) in [6, 6.07) is 1.55. The lowest BCUT2D eigenvalue weighted by Gasteiger charge is -2.03. The molecule has 0 aliphatic heterocycles. The highest BCUT2D eigenvalue weighted by molar-refractivity contribution is 6.34. The van der Waals surface area contributed by atoms with Crippen LogP contribution in [-0.4, -0.2) is 17.6 Å². The van der Waals surface area contributed by atoms with Crippen LogP contribution in [0.4, 0.5) is 0 Å². The molecule has 1 aromatic heterocycles. The van der Waals surface area contributed by atoms with E-state index in [2.05, 4.69) is 4.98 Å². The molecule has 0 radical (unpaired) electrons. The number of carbonyl (C=O) groups excluding carboxylic acids is 1. The summed E-state index contributed by atoms with van der Waals surface area (Å²) in [5.41, 5.74) is 0.481. The van der Waals surface area contributed by atoms with E-state index in [0.717, 1.165) is 0 Å².